The van der Waals surface area contributed by atoms with E-state index in [9.17, 15) is 4.79 Å². The number of carbonyl (C=O) groups is 1. The van der Waals surface area contributed by atoms with E-state index in [2.05, 4.69) is 24.4 Å². The summed E-state index contributed by atoms with van der Waals surface area (Å²) in [6.07, 6.45) is 2.73. The van der Waals surface area contributed by atoms with Gasteiger partial charge in [-0.2, -0.15) is 0 Å². The van der Waals surface area contributed by atoms with Gasteiger partial charge in [-0.3, -0.25) is 4.79 Å². The second-order valence-electron chi connectivity index (χ2n) is 3.83. The molecular formula is C12H20N2OS. The minimum atomic E-state index is -0.365. The molecule has 4 heteroatoms. The number of aryl methyl sites for hydroxylation is 1. The number of amides is 1. The molecule has 0 saturated carbocycles. The van der Waals surface area contributed by atoms with Gasteiger partial charge < -0.3 is 11.1 Å². The van der Waals surface area contributed by atoms with E-state index in [4.69, 9.17) is 5.73 Å². The Morgan fingerprint density at radius 2 is 2.12 bits per heavy atom. The molecule has 0 radical (unpaired) electrons. The fourth-order valence-corrected chi connectivity index (χ4v) is 2.35. The van der Waals surface area contributed by atoms with Crippen LogP contribution in [0.1, 0.15) is 36.4 Å². The predicted molar refractivity (Wildman–Crippen MR) is 68.4 cm³/mol. The lowest BCUT2D eigenvalue weighted by molar-refractivity contribution is -0.122. The molecule has 1 aromatic heterocycles. The van der Waals surface area contributed by atoms with Gasteiger partial charge in [-0.15, -0.1) is 11.3 Å². The van der Waals surface area contributed by atoms with Gasteiger partial charge >= 0.3 is 0 Å². The topological polar surface area (TPSA) is 55.1 Å². The second-order valence-corrected chi connectivity index (χ2v) is 5.09. The van der Waals surface area contributed by atoms with Gasteiger partial charge in [0.15, 0.2) is 0 Å². The molecule has 0 saturated heterocycles. The maximum atomic E-state index is 11.6. The Kier molecular flexibility index (Phi) is 5.49. The van der Waals surface area contributed by atoms with E-state index >= 15 is 0 Å². The first kappa shape index (κ1) is 13.2. The first-order valence-corrected chi connectivity index (χ1v) is 6.59. The van der Waals surface area contributed by atoms with Gasteiger partial charge in [-0.05, 0) is 25.0 Å². The van der Waals surface area contributed by atoms with Crippen LogP contribution in [0.15, 0.2) is 12.1 Å². The largest absolute Gasteiger partial charge is 0.350 e. The van der Waals surface area contributed by atoms with Crippen molar-refractivity contribution in [3.63, 3.8) is 0 Å². The van der Waals surface area contributed by atoms with Crippen LogP contribution in [0.5, 0.6) is 0 Å². The lowest BCUT2D eigenvalue weighted by Gasteiger charge is -2.10. The van der Waals surface area contributed by atoms with Crippen LogP contribution in [-0.4, -0.2) is 11.9 Å². The Morgan fingerprint density at radius 1 is 1.44 bits per heavy atom. The Morgan fingerprint density at radius 3 is 2.69 bits per heavy atom. The van der Waals surface area contributed by atoms with Crippen molar-refractivity contribution in [3.05, 3.63) is 21.9 Å². The first-order valence-electron chi connectivity index (χ1n) is 5.78. The molecular weight excluding hydrogens is 220 g/mol. The Balaban J connectivity index is 2.36. The van der Waals surface area contributed by atoms with Crippen LogP contribution in [0.4, 0.5) is 0 Å². The summed E-state index contributed by atoms with van der Waals surface area (Å²) in [5.41, 5.74) is 5.71. The lowest BCUT2D eigenvalue weighted by Crippen LogP contribution is -2.39. The van der Waals surface area contributed by atoms with Crippen molar-refractivity contribution in [2.24, 2.45) is 5.73 Å². The van der Waals surface area contributed by atoms with E-state index in [-0.39, 0.29) is 11.9 Å². The van der Waals surface area contributed by atoms with E-state index in [1.54, 1.807) is 11.3 Å². The number of nitrogens with one attached hydrogen (secondary N) is 1. The standard InChI is InChI=1S/C12H20N2OS/c1-3-5-11(13)12(15)14-8-10-7-6-9(4-2)16-10/h6-7,11H,3-5,8,13H2,1-2H3,(H,14,15). The number of carbonyl (C=O) groups excluding carboxylic acids is 1. The maximum Gasteiger partial charge on any atom is 0.237 e. The third-order valence-electron chi connectivity index (χ3n) is 2.44. The zero-order valence-electron chi connectivity index (χ0n) is 9.95. The monoisotopic (exact) mass is 240 g/mol. The second kappa shape index (κ2) is 6.66. The minimum absolute atomic E-state index is 0.0479. The molecule has 0 aromatic carbocycles. The first-order chi connectivity index (χ1) is 7.67. The number of nitrogens with two attached hydrogens (primary N) is 1. The van der Waals surface area contributed by atoms with Crippen LogP contribution in [0.2, 0.25) is 0 Å². The molecule has 0 spiro atoms. The minimum Gasteiger partial charge on any atom is -0.350 e. The Labute approximate surface area is 101 Å². The van der Waals surface area contributed by atoms with Crippen molar-refractivity contribution < 1.29 is 4.79 Å². The molecule has 3 nitrogen and oxygen atoms in total. The summed E-state index contributed by atoms with van der Waals surface area (Å²) in [5, 5.41) is 2.87. The average molecular weight is 240 g/mol. The number of hydrogen-bond donors (Lipinski definition) is 2. The van der Waals surface area contributed by atoms with Crippen molar-refractivity contribution in [1.29, 1.82) is 0 Å². The van der Waals surface area contributed by atoms with Gasteiger partial charge in [0, 0.05) is 9.75 Å². The van der Waals surface area contributed by atoms with Crippen LogP contribution < -0.4 is 11.1 Å². The maximum absolute atomic E-state index is 11.6. The summed E-state index contributed by atoms with van der Waals surface area (Å²) in [5.74, 6) is -0.0479. The molecule has 0 aliphatic rings. The summed E-state index contributed by atoms with van der Waals surface area (Å²) in [4.78, 5) is 14.1. The van der Waals surface area contributed by atoms with Crippen LogP contribution >= 0.6 is 11.3 Å². The third kappa shape index (κ3) is 3.94. The normalized spacial score (nSPS) is 12.4. The van der Waals surface area contributed by atoms with Crippen molar-refractivity contribution >= 4 is 17.2 Å². The zero-order chi connectivity index (χ0) is 12.0. The smallest absolute Gasteiger partial charge is 0.237 e. The number of thiophene rings is 1. The quantitative estimate of drug-likeness (QED) is 0.799. The van der Waals surface area contributed by atoms with Gasteiger partial charge in [-0.25, -0.2) is 0 Å². The molecule has 1 atom stereocenters. The van der Waals surface area contributed by atoms with E-state index in [0.29, 0.717) is 6.54 Å². The van der Waals surface area contributed by atoms with Crippen molar-refractivity contribution in [2.45, 2.75) is 45.7 Å². The highest BCUT2D eigenvalue weighted by atomic mass is 32.1. The van der Waals surface area contributed by atoms with Gasteiger partial charge in [0.25, 0.3) is 0 Å². The molecule has 16 heavy (non-hydrogen) atoms. The average Bonchev–Trinajstić information content (AvgIpc) is 2.74. The molecule has 1 amide bonds. The molecule has 0 aliphatic carbocycles. The van der Waals surface area contributed by atoms with Crippen molar-refractivity contribution in [2.75, 3.05) is 0 Å². The molecule has 1 aromatic rings. The molecule has 1 heterocycles. The van der Waals surface area contributed by atoms with Gasteiger partial charge in [0.05, 0.1) is 12.6 Å². The Bertz CT molecular complexity index is 336. The van der Waals surface area contributed by atoms with E-state index in [1.807, 2.05) is 6.92 Å². The summed E-state index contributed by atoms with van der Waals surface area (Å²) < 4.78 is 0. The number of hydrogen-bond acceptors (Lipinski definition) is 3. The molecule has 0 aliphatic heterocycles. The number of rotatable bonds is 6. The third-order valence-corrected chi connectivity index (χ3v) is 3.67. The summed E-state index contributed by atoms with van der Waals surface area (Å²) >= 11 is 1.74. The predicted octanol–water partition coefficient (Wildman–Crippen LogP) is 2.05. The zero-order valence-corrected chi connectivity index (χ0v) is 10.8. The van der Waals surface area contributed by atoms with Crippen LogP contribution in [0, 0.1) is 0 Å². The fraction of sp³-hybridized carbons (Fsp3) is 0.583. The van der Waals surface area contributed by atoms with Gasteiger partial charge in [0.1, 0.15) is 0 Å². The summed E-state index contributed by atoms with van der Waals surface area (Å²) in [7, 11) is 0. The molecule has 90 valence electrons. The Hall–Kier alpha value is -0.870. The summed E-state index contributed by atoms with van der Waals surface area (Å²) in [6, 6.07) is 3.81. The van der Waals surface area contributed by atoms with Crippen molar-refractivity contribution in [1.82, 2.24) is 5.32 Å². The van der Waals surface area contributed by atoms with E-state index < -0.39 is 0 Å². The lowest BCUT2D eigenvalue weighted by atomic mass is 10.2. The van der Waals surface area contributed by atoms with Crippen LogP contribution in [0.3, 0.4) is 0 Å². The highest BCUT2D eigenvalue weighted by Crippen LogP contribution is 2.16. The molecule has 1 unspecified atom stereocenters. The molecule has 0 fully saturated rings. The highest BCUT2D eigenvalue weighted by Gasteiger charge is 2.11. The fourth-order valence-electron chi connectivity index (χ4n) is 1.45. The molecule has 3 N–H and O–H groups in total. The van der Waals surface area contributed by atoms with E-state index in [1.165, 1.54) is 9.75 Å². The van der Waals surface area contributed by atoms with E-state index in [0.717, 1.165) is 19.3 Å². The SMILES string of the molecule is CCCC(N)C(=O)NCc1ccc(CC)s1. The van der Waals surface area contributed by atoms with Gasteiger partial charge in [0.2, 0.25) is 5.91 Å². The molecule has 0 bridgehead atoms. The van der Waals surface area contributed by atoms with Crippen LogP contribution in [-0.2, 0) is 17.8 Å². The molecule has 1 rings (SSSR count). The van der Waals surface area contributed by atoms with Crippen LogP contribution in [0.25, 0.3) is 0 Å². The van der Waals surface area contributed by atoms with Crippen molar-refractivity contribution in [3.8, 4) is 0 Å². The highest BCUT2D eigenvalue weighted by molar-refractivity contribution is 7.11. The summed E-state index contributed by atoms with van der Waals surface area (Å²) in [6.45, 7) is 4.76. The van der Waals surface area contributed by atoms with Gasteiger partial charge in [-0.1, -0.05) is 20.3 Å².